The number of morpholine rings is 1. The van der Waals surface area contributed by atoms with Crippen LogP contribution in [0.3, 0.4) is 0 Å². The molecule has 1 aliphatic rings. The Bertz CT molecular complexity index is 856. The van der Waals surface area contributed by atoms with Crippen LogP contribution in [0.4, 0.5) is 0 Å². The highest BCUT2D eigenvalue weighted by Gasteiger charge is 2.21. The van der Waals surface area contributed by atoms with Crippen molar-refractivity contribution in [1.82, 2.24) is 14.8 Å². The van der Waals surface area contributed by atoms with Crippen molar-refractivity contribution in [3.8, 4) is 0 Å². The number of amides is 1. The molecule has 2 heterocycles. The van der Waals surface area contributed by atoms with Crippen molar-refractivity contribution >= 4 is 15.9 Å². The molecule has 2 aromatic rings. The third kappa shape index (κ3) is 4.25. The number of sulfonamides is 1. The summed E-state index contributed by atoms with van der Waals surface area (Å²) in [4.78, 5) is 14.2. The fraction of sp³-hybridized carbons (Fsp3) is 0.375. The van der Waals surface area contributed by atoms with Crippen molar-refractivity contribution in [2.75, 3.05) is 26.3 Å². The first-order valence-electron chi connectivity index (χ1n) is 7.85. The van der Waals surface area contributed by atoms with Crippen LogP contribution < -0.4 is 4.72 Å². The molecule has 1 fully saturated rings. The van der Waals surface area contributed by atoms with E-state index in [9.17, 15) is 13.2 Å². The number of aromatic nitrogens is 1. The van der Waals surface area contributed by atoms with Crippen molar-refractivity contribution in [3.05, 3.63) is 47.3 Å². The van der Waals surface area contributed by atoms with E-state index in [1.807, 2.05) is 0 Å². The monoisotopic (exact) mass is 365 g/mol. The summed E-state index contributed by atoms with van der Waals surface area (Å²) < 4.78 is 37.5. The Kier molecular flexibility index (Phi) is 5.16. The molecular formula is C16H19N3O5S. The van der Waals surface area contributed by atoms with Crippen LogP contribution in [-0.4, -0.2) is 50.7 Å². The van der Waals surface area contributed by atoms with E-state index in [4.69, 9.17) is 9.26 Å². The van der Waals surface area contributed by atoms with Gasteiger partial charge in [-0.2, -0.15) is 0 Å². The van der Waals surface area contributed by atoms with Gasteiger partial charge in [-0.3, -0.25) is 4.79 Å². The first-order chi connectivity index (χ1) is 12.0. The molecule has 0 aliphatic carbocycles. The number of carbonyl (C=O) groups is 1. The predicted molar refractivity (Wildman–Crippen MR) is 88.4 cm³/mol. The number of hydrogen-bond donors (Lipinski definition) is 1. The molecular weight excluding hydrogens is 346 g/mol. The maximum Gasteiger partial charge on any atom is 0.254 e. The average molecular weight is 365 g/mol. The van der Waals surface area contributed by atoms with Gasteiger partial charge >= 0.3 is 0 Å². The Balaban J connectivity index is 1.74. The molecule has 1 aliphatic heterocycles. The SMILES string of the molecule is Cc1cc(CNS(=O)(=O)c2cccc(C(=O)N3CCOCC3)c2)no1. The molecule has 8 nitrogen and oxygen atoms in total. The molecule has 1 aromatic heterocycles. The highest BCUT2D eigenvalue weighted by molar-refractivity contribution is 7.89. The largest absolute Gasteiger partial charge is 0.378 e. The number of benzene rings is 1. The van der Waals surface area contributed by atoms with E-state index in [-0.39, 0.29) is 17.3 Å². The molecule has 9 heteroatoms. The van der Waals surface area contributed by atoms with E-state index >= 15 is 0 Å². The van der Waals surface area contributed by atoms with Gasteiger partial charge in [-0.25, -0.2) is 13.1 Å². The number of nitrogens with one attached hydrogen (secondary N) is 1. The summed E-state index contributed by atoms with van der Waals surface area (Å²) >= 11 is 0. The lowest BCUT2D eigenvalue weighted by Gasteiger charge is -2.27. The second-order valence-electron chi connectivity index (χ2n) is 5.69. The quantitative estimate of drug-likeness (QED) is 0.846. The van der Waals surface area contributed by atoms with Gasteiger partial charge in [-0.15, -0.1) is 0 Å². The van der Waals surface area contributed by atoms with E-state index in [2.05, 4.69) is 9.88 Å². The van der Waals surface area contributed by atoms with Gasteiger partial charge in [0, 0.05) is 24.7 Å². The van der Waals surface area contributed by atoms with Gasteiger partial charge < -0.3 is 14.2 Å². The molecule has 0 saturated carbocycles. The van der Waals surface area contributed by atoms with E-state index < -0.39 is 10.0 Å². The number of ether oxygens (including phenoxy) is 1. The minimum atomic E-state index is -3.76. The minimum absolute atomic E-state index is 0.0152. The third-order valence-electron chi connectivity index (χ3n) is 3.81. The van der Waals surface area contributed by atoms with Crippen LogP contribution in [-0.2, 0) is 21.3 Å². The van der Waals surface area contributed by atoms with Crippen LogP contribution in [0.1, 0.15) is 21.8 Å². The smallest absolute Gasteiger partial charge is 0.254 e. The van der Waals surface area contributed by atoms with Gasteiger partial charge in [0.15, 0.2) is 0 Å². The number of hydrogen-bond acceptors (Lipinski definition) is 6. The second kappa shape index (κ2) is 7.34. The molecule has 0 unspecified atom stereocenters. The average Bonchev–Trinajstić information content (AvgIpc) is 3.06. The normalized spacial score (nSPS) is 15.3. The topological polar surface area (TPSA) is 102 Å². The van der Waals surface area contributed by atoms with Crippen molar-refractivity contribution < 1.29 is 22.5 Å². The lowest BCUT2D eigenvalue weighted by Crippen LogP contribution is -2.40. The molecule has 0 bridgehead atoms. The zero-order chi connectivity index (χ0) is 17.9. The van der Waals surface area contributed by atoms with Crippen molar-refractivity contribution in [3.63, 3.8) is 0 Å². The zero-order valence-electron chi connectivity index (χ0n) is 13.8. The Morgan fingerprint density at radius 1 is 1.28 bits per heavy atom. The van der Waals surface area contributed by atoms with Gasteiger partial charge in [0.25, 0.3) is 5.91 Å². The molecule has 1 N–H and O–H groups in total. The van der Waals surface area contributed by atoms with Gasteiger partial charge in [-0.1, -0.05) is 11.2 Å². The molecule has 0 spiro atoms. The van der Waals surface area contributed by atoms with E-state index in [1.165, 1.54) is 12.1 Å². The van der Waals surface area contributed by atoms with Gasteiger partial charge in [0.05, 0.1) is 30.3 Å². The first kappa shape index (κ1) is 17.6. The van der Waals surface area contributed by atoms with Crippen LogP contribution in [0.5, 0.6) is 0 Å². The molecule has 25 heavy (non-hydrogen) atoms. The summed E-state index contributed by atoms with van der Waals surface area (Å²) in [5.74, 6) is 0.403. The van der Waals surface area contributed by atoms with Crippen molar-refractivity contribution in [2.24, 2.45) is 0 Å². The zero-order valence-corrected chi connectivity index (χ0v) is 14.6. The lowest BCUT2D eigenvalue weighted by molar-refractivity contribution is 0.0302. The van der Waals surface area contributed by atoms with E-state index in [0.717, 1.165) is 0 Å². The summed E-state index contributed by atoms with van der Waals surface area (Å²) in [6.07, 6.45) is 0. The number of nitrogens with zero attached hydrogens (tertiary/aromatic N) is 2. The van der Waals surface area contributed by atoms with Crippen molar-refractivity contribution in [1.29, 1.82) is 0 Å². The Morgan fingerprint density at radius 2 is 2.04 bits per heavy atom. The Labute approximate surface area is 145 Å². The number of aryl methyl sites for hydroxylation is 1. The van der Waals surface area contributed by atoms with Crippen LogP contribution >= 0.6 is 0 Å². The molecule has 1 saturated heterocycles. The van der Waals surface area contributed by atoms with E-state index in [0.29, 0.717) is 43.3 Å². The minimum Gasteiger partial charge on any atom is -0.378 e. The van der Waals surface area contributed by atoms with Gasteiger partial charge in [0.1, 0.15) is 5.76 Å². The van der Waals surface area contributed by atoms with E-state index in [1.54, 1.807) is 30.0 Å². The van der Waals surface area contributed by atoms with Gasteiger partial charge in [0.2, 0.25) is 10.0 Å². The van der Waals surface area contributed by atoms with Crippen LogP contribution in [0.25, 0.3) is 0 Å². The summed E-state index contributed by atoms with van der Waals surface area (Å²) in [7, 11) is -3.76. The molecule has 3 rings (SSSR count). The molecule has 1 aromatic carbocycles. The summed E-state index contributed by atoms with van der Waals surface area (Å²) in [6.45, 7) is 3.72. The second-order valence-corrected chi connectivity index (χ2v) is 7.45. The molecule has 1 amide bonds. The standard InChI is InChI=1S/C16H19N3O5S/c1-12-9-14(18-24-12)11-17-25(21,22)15-4-2-3-13(10-15)16(20)19-5-7-23-8-6-19/h2-4,9-10,17H,5-8,11H2,1H3. The Morgan fingerprint density at radius 3 is 2.72 bits per heavy atom. The molecule has 0 atom stereocenters. The van der Waals surface area contributed by atoms with Crippen molar-refractivity contribution in [2.45, 2.75) is 18.4 Å². The first-order valence-corrected chi connectivity index (χ1v) is 9.33. The highest BCUT2D eigenvalue weighted by Crippen LogP contribution is 2.15. The third-order valence-corrected chi connectivity index (χ3v) is 5.21. The Hall–Kier alpha value is -2.23. The summed E-state index contributed by atoms with van der Waals surface area (Å²) in [5.41, 5.74) is 0.823. The summed E-state index contributed by atoms with van der Waals surface area (Å²) in [6, 6.07) is 7.65. The maximum absolute atomic E-state index is 12.5. The predicted octanol–water partition coefficient (Wildman–Crippen LogP) is 0.934. The fourth-order valence-electron chi connectivity index (χ4n) is 2.50. The summed E-state index contributed by atoms with van der Waals surface area (Å²) in [5, 5.41) is 3.74. The van der Waals surface area contributed by atoms with Crippen LogP contribution in [0.2, 0.25) is 0 Å². The molecule has 0 radical (unpaired) electrons. The lowest BCUT2D eigenvalue weighted by atomic mass is 10.2. The number of carbonyl (C=O) groups excluding carboxylic acids is 1. The molecule has 134 valence electrons. The van der Waals surface area contributed by atoms with Gasteiger partial charge in [-0.05, 0) is 25.1 Å². The van der Waals surface area contributed by atoms with Crippen LogP contribution in [0.15, 0.2) is 39.8 Å². The highest BCUT2D eigenvalue weighted by atomic mass is 32.2. The number of rotatable bonds is 5. The fourth-order valence-corrected chi connectivity index (χ4v) is 3.54. The maximum atomic E-state index is 12.5. The van der Waals surface area contributed by atoms with Crippen LogP contribution in [0, 0.1) is 6.92 Å².